The zero-order chi connectivity index (χ0) is 14.0. The number of aromatic nitrogens is 1. The van der Waals surface area contributed by atoms with E-state index in [0.717, 1.165) is 17.3 Å². The summed E-state index contributed by atoms with van der Waals surface area (Å²) in [5, 5.41) is 0. The van der Waals surface area contributed by atoms with Gasteiger partial charge in [0.2, 0.25) is 0 Å². The first kappa shape index (κ1) is 14.1. The van der Waals surface area contributed by atoms with Gasteiger partial charge in [0, 0.05) is 30.8 Å². The van der Waals surface area contributed by atoms with Crippen LogP contribution in [-0.2, 0) is 16.6 Å². The Bertz CT molecular complexity index is 498. The molecule has 1 aromatic heterocycles. The van der Waals surface area contributed by atoms with Gasteiger partial charge < -0.3 is 14.2 Å². The van der Waals surface area contributed by atoms with Crippen LogP contribution < -0.4 is 0 Å². The van der Waals surface area contributed by atoms with Gasteiger partial charge in [0.1, 0.15) is 5.69 Å². The summed E-state index contributed by atoms with van der Waals surface area (Å²) in [4.78, 5) is 25.7. The van der Waals surface area contributed by atoms with Gasteiger partial charge in [-0.25, -0.2) is 0 Å². The standard InChI is InChI=1S/C13H17BrN2O3/c1-15-8-10(14)6-11(15)12(17)16-5-3-4-9(7-16)13(18)19-2/h6,8-9H,3-5,7H2,1-2H3/t9-/m0/s1. The second-order valence-electron chi connectivity index (χ2n) is 4.77. The lowest BCUT2D eigenvalue weighted by molar-refractivity contribution is -0.146. The summed E-state index contributed by atoms with van der Waals surface area (Å²) in [7, 11) is 3.22. The van der Waals surface area contributed by atoms with E-state index < -0.39 is 0 Å². The van der Waals surface area contributed by atoms with Crippen LogP contribution in [0.15, 0.2) is 16.7 Å². The summed E-state index contributed by atoms with van der Waals surface area (Å²) >= 11 is 3.36. The maximum absolute atomic E-state index is 12.4. The molecule has 0 N–H and O–H groups in total. The third kappa shape index (κ3) is 3.00. The van der Waals surface area contributed by atoms with E-state index in [1.165, 1.54) is 7.11 Å². The number of hydrogen-bond acceptors (Lipinski definition) is 3. The Balaban J connectivity index is 2.11. The van der Waals surface area contributed by atoms with E-state index in [-0.39, 0.29) is 17.8 Å². The predicted octanol–water partition coefficient (Wildman–Crippen LogP) is 1.81. The predicted molar refractivity (Wildman–Crippen MR) is 73.8 cm³/mol. The first-order chi connectivity index (χ1) is 9.02. The van der Waals surface area contributed by atoms with Crippen LogP contribution in [0.25, 0.3) is 0 Å². The van der Waals surface area contributed by atoms with Gasteiger partial charge in [0.25, 0.3) is 5.91 Å². The maximum Gasteiger partial charge on any atom is 0.310 e. The Morgan fingerprint density at radius 3 is 2.79 bits per heavy atom. The van der Waals surface area contributed by atoms with Crippen molar-refractivity contribution >= 4 is 27.8 Å². The highest BCUT2D eigenvalue weighted by Gasteiger charge is 2.30. The zero-order valence-electron chi connectivity index (χ0n) is 11.1. The Hall–Kier alpha value is -1.30. The van der Waals surface area contributed by atoms with Crippen LogP contribution >= 0.6 is 15.9 Å². The van der Waals surface area contributed by atoms with Crippen LogP contribution in [0.4, 0.5) is 0 Å². The topological polar surface area (TPSA) is 51.5 Å². The molecule has 2 rings (SSSR count). The van der Waals surface area contributed by atoms with E-state index in [1.807, 2.05) is 13.2 Å². The average Bonchev–Trinajstić information content (AvgIpc) is 2.76. The molecule has 0 saturated carbocycles. The van der Waals surface area contributed by atoms with E-state index in [0.29, 0.717) is 18.8 Å². The number of nitrogens with zero attached hydrogens (tertiary/aromatic N) is 2. The molecule has 0 bridgehead atoms. The minimum absolute atomic E-state index is 0.0400. The minimum Gasteiger partial charge on any atom is -0.469 e. The fourth-order valence-electron chi connectivity index (χ4n) is 2.42. The third-order valence-electron chi connectivity index (χ3n) is 3.43. The van der Waals surface area contributed by atoms with Gasteiger partial charge in [-0.1, -0.05) is 0 Å². The van der Waals surface area contributed by atoms with Crippen LogP contribution in [0.1, 0.15) is 23.3 Å². The molecular weight excluding hydrogens is 312 g/mol. The van der Waals surface area contributed by atoms with E-state index in [2.05, 4.69) is 15.9 Å². The van der Waals surface area contributed by atoms with Crippen LogP contribution in [0, 0.1) is 5.92 Å². The van der Waals surface area contributed by atoms with Gasteiger partial charge >= 0.3 is 5.97 Å². The number of hydrogen-bond donors (Lipinski definition) is 0. The first-order valence-electron chi connectivity index (χ1n) is 6.22. The van der Waals surface area contributed by atoms with Gasteiger partial charge in [-0.05, 0) is 34.8 Å². The Morgan fingerprint density at radius 2 is 2.21 bits per heavy atom. The number of halogens is 1. The number of likely N-dealkylation sites (tertiary alicyclic amines) is 1. The Kier molecular flexibility index (Phi) is 4.29. The fourth-order valence-corrected chi connectivity index (χ4v) is 2.94. The molecule has 2 heterocycles. The maximum atomic E-state index is 12.4. The molecule has 0 aromatic carbocycles. The van der Waals surface area contributed by atoms with Crippen molar-refractivity contribution in [3.63, 3.8) is 0 Å². The van der Waals surface area contributed by atoms with Crippen molar-refractivity contribution in [1.29, 1.82) is 0 Å². The molecule has 1 saturated heterocycles. The molecule has 1 atom stereocenters. The molecular formula is C13H17BrN2O3. The molecule has 0 unspecified atom stereocenters. The molecule has 0 spiro atoms. The van der Waals surface area contributed by atoms with Crippen molar-refractivity contribution in [3.8, 4) is 0 Å². The average molecular weight is 329 g/mol. The van der Waals surface area contributed by atoms with Crippen molar-refractivity contribution < 1.29 is 14.3 Å². The minimum atomic E-state index is -0.231. The van der Waals surface area contributed by atoms with E-state index in [4.69, 9.17) is 4.74 Å². The third-order valence-corrected chi connectivity index (χ3v) is 3.87. The summed E-state index contributed by atoms with van der Waals surface area (Å²) in [5.41, 5.74) is 0.623. The quantitative estimate of drug-likeness (QED) is 0.778. The summed E-state index contributed by atoms with van der Waals surface area (Å²) < 4.78 is 7.42. The smallest absolute Gasteiger partial charge is 0.310 e. The molecule has 5 nitrogen and oxygen atoms in total. The molecule has 0 radical (unpaired) electrons. The highest BCUT2D eigenvalue weighted by atomic mass is 79.9. The summed E-state index contributed by atoms with van der Waals surface area (Å²) in [6, 6.07) is 1.80. The lowest BCUT2D eigenvalue weighted by Crippen LogP contribution is -2.43. The highest BCUT2D eigenvalue weighted by Crippen LogP contribution is 2.21. The lowest BCUT2D eigenvalue weighted by Gasteiger charge is -2.31. The van der Waals surface area contributed by atoms with E-state index in [9.17, 15) is 9.59 Å². The Morgan fingerprint density at radius 1 is 1.47 bits per heavy atom. The summed E-state index contributed by atoms with van der Waals surface area (Å²) in [6.07, 6.45) is 3.46. The molecule has 1 amide bonds. The number of aryl methyl sites for hydroxylation is 1. The van der Waals surface area contributed by atoms with Crippen molar-refractivity contribution in [2.75, 3.05) is 20.2 Å². The largest absolute Gasteiger partial charge is 0.469 e. The van der Waals surface area contributed by atoms with Crippen LogP contribution in [0.5, 0.6) is 0 Å². The second kappa shape index (κ2) is 5.77. The lowest BCUT2D eigenvalue weighted by atomic mass is 9.98. The van der Waals surface area contributed by atoms with Crippen LogP contribution in [-0.4, -0.2) is 41.5 Å². The number of amides is 1. The van der Waals surface area contributed by atoms with Crippen molar-refractivity contribution in [3.05, 3.63) is 22.4 Å². The molecule has 1 fully saturated rings. The highest BCUT2D eigenvalue weighted by molar-refractivity contribution is 9.10. The van der Waals surface area contributed by atoms with Gasteiger partial charge in [-0.2, -0.15) is 0 Å². The van der Waals surface area contributed by atoms with E-state index in [1.54, 1.807) is 15.5 Å². The van der Waals surface area contributed by atoms with Gasteiger partial charge in [-0.15, -0.1) is 0 Å². The second-order valence-corrected chi connectivity index (χ2v) is 5.68. The summed E-state index contributed by atoms with van der Waals surface area (Å²) in [6.45, 7) is 1.13. The van der Waals surface area contributed by atoms with Crippen molar-refractivity contribution in [2.45, 2.75) is 12.8 Å². The van der Waals surface area contributed by atoms with Crippen LogP contribution in [0.2, 0.25) is 0 Å². The van der Waals surface area contributed by atoms with Gasteiger partial charge in [0.15, 0.2) is 0 Å². The van der Waals surface area contributed by atoms with Crippen LogP contribution in [0.3, 0.4) is 0 Å². The fraction of sp³-hybridized carbons (Fsp3) is 0.538. The number of rotatable bonds is 2. The van der Waals surface area contributed by atoms with E-state index >= 15 is 0 Å². The normalized spacial score (nSPS) is 19.3. The molecule has 1 aromatic rings. The molecule has 1 aliphatic heterocycles. The van der Waals surface area contributed by atoms with Crippen molar-refractivity contribution in [1.82, 2.24) is 9.47 Å². The van der Waals surface area contributed by atoms with Gasteiger partial charge in [-0.3, -0.25) is 9.59 Å². The SMILES string of the molecule is COC(=O)[C@H]1CCCN(C(=O)c2cc(Br)cn2C)C1. The molecule has 6 heteroatoms. The molecule has 0 aliphatic carbocycles. The number of methoxy groups -OCH3 is 1. The Labute approximate surface area is 120 Å². The number of esters is 1. The van der Waals surface area contributed by atoms with Gasteiger partial charge in [0.05, 0.1) is 13.0 Å². The monoisotopic (exact) mass is 328 g/mol. The number of carbonyl (C=O) groups excluding carboxylic acids is 2. The number of ether oxygens (including phenoxy) is 1. The molecule has 104 valence electrons. The molecule has 19 heavy (non-hydrogen) atoms. The first-order valence-corrected chi connectivity index (χ1v) is 7.01. The zero-order valence-corrected chi connectivity index (χ0v) is 12.6. The summed E-state index contributed by atoms with van der Waals surface area (Å²) in [5.74, 6) is -0.473. The van der Waals surface area contributed by atoms with Crippen molar-refractivity contribution in [2.24, 2.45) is 13.0 Å². The number of carbonyl (C=O) groups is 2. The molecule has 1 aliphatic rings. The number of piperidine rings is 1.